The van der Waals surface area contributed by atoms with Crippen LogP contribution in [0.15, 0.2) is 72.1 Å². The molecule has 3 heterocycles. The van der Waals surface area contributed by atoms with Gasteiger partial charge in [-0.15, -0.1) is 5.10 Å². The summed E-state index contributed by atoms with van der Waals surface area (Å²) >= 11 is 1.10. The highest BCUT2D eigenvalue weighted by atomic mass is 32.2. The first kappa shape index (κ1) is 35.2. The van der Waals surface area contributed by atoms with Crippen LogP contribution in [-0.2, 0) is 6.42 Å². The van der Waals surface area contributed by atoms with Gasteiger partial charge in [-0.2, -0.15) is 13.2 Å². The summed E-state index contributed by atoms with van der Waals surface area (Å²) in [5, 5.41) is 21.3. The molecule has 1 aromatic carbocycles. The van der Waals surface area contributed by atoms with E-state index in [0.29, 0.717) is 18.1 Å². The van der Waals surface area contributed by atoms with E-state index in [4.69, 9.17) is 9.88 Å². The van der Waals surface area contributed by atoms with E-state index in [1.807, 2.05) is 36.4 Å². The highest BCUT2D eigenvalue weighted by Gasteiger charge is 2.48. The lowest BCUT2D eigenvalue weighted by molar-refractivity contribution is -0.219. The zero-order valence-corrected chi connectivity index (χ0v) is 27.5. The first-order valence-corrected chi connectivity index (χ1v) is 16.1. The van der Waals surface area contributed by atoms with Gasteiger partial charge in [-0.25, -0.2) is 14.6 Å². The molecule has 3 aromatic heterocycles. The molecule has 0 saturated heterocycles. The average Bonchev–Trinajstić information content (AvgIpc) is 3.49. The average molecular weight is 658 g/mol. The number of anilines is 1. The zero-order valence-electron chi connectivity index (χ0n) is 26.7. The van der Waals surface area contributed by atoms with E-state index in [-0.39, 0.29) is 5.88 Å². The van der Waals surface area contributed by atoms with Crippen molar-refractivity contribution in [2.45, 2.75) is 76.6 Å². The molecule has 4 rings (SSSR count). The van der Waals surface area contributed by atoms with Gasteiger partial charge in [0, 0.05) is 43.3 Å². The second-order valence-electron chi connectivity index (χ2n) is 12.5. The fourth-order valence-electron chi connectivity index (χ4n) is 4.86. The van der Waals surface area contributed by atoms with E-state index >= 15 is 0 Å². The number of alkyl halides is 3. The van der Waals surface area contributed by atoms with Crippen LogP contribution in [0.1, 0.15) is 58.9 Å². The van der Waals surface area contributed by atoms with Crippen LogP contribution in [0, 0.1) is 5.41 Å². The molecule has 13 heteroatoms. The molecule has 0 unspecified atom stereocenters. The molecule has 9 nitrogen and oxygen atoms in total. The fraction of sp³-hybridized carbons (Fsp3) is 0.455. The van der Waals surface area contributed by atoms with Crippen molar-refractivity contribution in [1.29, 1.82) is 0 Å². The molecule has 0 aliphatic carbocycles. The summed E-state index contributed by atoms with van der Waals surface area (Å²) in [5.74, 6) is 1.33. The van der Waals surface area contributed by atoms with Crippen molar-refractivity contribution in [3.8, 4) is 23.0 Å². The van der Waals surface area contributed by atoms with Crippen LogP contribution in [0.2, 0.25) is 0 Å². The van der Waals surface area contributed by atoms with Gasteiger partial charge in [0.1, 0.15) is 23.1 Å². The van der Waals surface area contributed by atoms with Gasteiger partial charge in [0.05, 0.1) is 11.0 Å². The number of aromatic nitrogens is 5. The van der Waals surface area contributed by atoms with Crippen molar-refractivity contribution in [1.82, 2.24) is 24.7 Å². The zero-order chi connectivity index (χ0) is 33.4. The minimum atomic E-state index is -4.40. The molecule has 46 heavy (non-hydrogen) atoms. The van der Waals surface area contributed by atoms with E-state index in [9.17, 15) is 18.3 Å². The van der Waals surface area contributed by atoms with Crippen LogP contribution in [0.4, 0.5) is 19.0 Å². The van der Waals surface area contributed by atoms with Crippen LogP contribution < -0.4 is 14.8 Å². The highest BCUT2D eigenvalue weighted by molar-refractivity contribution is 7.97. The SMILES string of the molecule is CC(C)(O)CN(CCCCCCc1ccccc1-c1nccnc1-n1ccc(OCC(C)(C)C(F)(F)F)n1)c1cccc(SN)n1. The third-order valence-corrected chi connectivity index (χ3v) is 7.91. The summed E-state index contributed by atoms with van der Waals surface area (Å²) in [4.78, 5) is 15.8. The summed E-state index contributed by atoms with van der Waals surface area (Å²) < 4.78 is 46.7. The summed E-state index contributed by atoms with van der Waals surface area (Å²) in [6.45, 7) is 6.43. The first-order chi connectivity index (χ1) is 21.8. The van der Waals surface area contributed by atoms with Crippen molar-refractivity contribution in [2.24, 2.45) is 10.6 Å². The first-order valence-electron chi connectivity index (χ1n) is 15.2. The Balaban J connectivity index is 1.38. The Morgan fingerprint density at radius 1 is 0.935 bits per heavy atom. The van der Waals surface area contributed by atoms with Crippen LogP contribution in [0.3, 0.4) is 0 Å². The Labute approximate surface area is 272 Å². The van der Waals surface area contributed by atoms with Crippen molar-refractivity contribution < 1.29 is 23.0 Å². The van der Waals surface area contributed by atoms with Gasteiger partial charge in [0.2, 0.25) is 5.88 Å². The van der Waals surface area contributed by atoms with Gasteiger partial charge in [-0.3, -0.25) is 10.1 Å². The van der Waals surface area contributed by atoms with Gasteiger partial charge < -0.3 is 14.7 Å². The Bertz CT molecular complexity index is 1560. The molecule has 0 saturated carbocycles. The van der Waals surface area contributed by atoms with Crippen LogP contribution in [0.25, 0.3) is 17.1 Å². The second-order valence-corrected chi connectivity index (χ2v) is 13.2. The quantitative estimate of drug-likeness (QED) is 0.0967. The predicted molar refractivity (Wildman–Crippen MR) is 175 cm³/mol. The molecule has 0 radical (unpaired) electrons. The normalized spacial score (nSPS) is 12.4. The minimum absolute atomic E-state index is 0.0742. The van der Waals surface area contributed by atoms with Crippen LogP contribution in [0.5, 0.6) is 5.88 Å². The maximum absolute atomic E-state index is 13.3. The van der Waals surface area contributed by atoms with Gasteiger partial charge >= 0.3 is 6.18 Å². The summed E-state index contributed by atoms with van der Waals surface area (Å²) in [6.07, 6.45) is 5.12. The Hall–Kier alpha value is -3.68. The van der Waals surface area contributed by atoms with E-state index < -0.39 is 23.8 Å². The van der Waals surface area contributed by atoms with Crippen molar-refractivity contribution >= 4 is 17.8 Å². The third kappa shape index (κ3) is 9.66. The molecule has 0 bridgehead atoms. The number of aliphatic hydroxyl groups is 1. The van der Waals surface area contributed by atoms with E-state index in [0.717, 1.165) is 86.4 Å². The van der Waals surface area contributed by atoms with Gasteiger partial charge in [-0.1, -0.05) is 43.2 Å². The Kier molecular flexibility index (Phi) is 11.7. The number of hydrogen-bond acceptors (Lipinski definition) is 9. The molecule has 0 aliphatic heterocycles. The number of rotatable bonds is 16. The van der Waals surface area contributed by atoms with E-state index in [1.165, 1.54) is 10.7 Å². The summed E-state index contributed by atoms with van der Waals surface area (Å²) in [7, 11) is 0. The molecular weight excluding hydrogens is 615 g/mol. The number of ether oxygens (including phenoxy) is 1. The molecule has 4 aromatic rings. The lowest BCUT2D eigenvalue weighted by Crippen LogP contribution is -2.39. The lowest BCUT2D eigenvalue weighted by Gasteiger charge is -2.30. The van der Waals surface area contributed by atoms with Crippen molar-refractivity contribution in [3.63, 3.8) is 0 Å². The maximum atomic E-state index is 13.3. The maximum Gasteiger partial charge on any atom is 0.397 e. The predicted octanol–water partition coefficient (Wildman–Crippen LogP) is 7.04. The van der Waals surface area contributed by atoms with E-state index in [1.54, 1.807) is 32.4 Å². The molecule has 248 valence electrons. The second kappa shape index (κ2) is 15.3. The van der Waals surface area contributed by atoms with Crippen molar-refractivity contribution in [2.75, 3.05) is 24.6 Å². The van der Waals surface area contributed by atoms with Crippen molar-refractivity contribution in [3.05, 3.63) is 72.7 Å². The smallest absolute Gasteiger partial charge is 0.397 e. The molecular formula is C33H42F3N7O2S. The topological polar surface area (TPSA) is 115 Å². The van der Waals surface area contributed by atoms with E-state index in [2.05, 4.69) is 31.0 Å². The van der Waals surface area contributed by atoms with Gasteiger partial charge in [0.15, 0.2) is 5.82 Å². The molecule has 0 amide bonds. The number of benzene rings is 1. The monoisotopic (exact) mass is 657 g/mol. The number of unbranched alkanes of at least 4 members (excludes halogenated alkanes) is 3. The third-order valence-electron chi connectivity index (χ3n) is 7.44. The van der Waals surface area contributed by atoms with Crippen LogP contribution >= 0.6 is 11.9 Å². The largest absolute Gasteiger partial charge is 0.476 e. The number of hydrogen-bond donors (Lipinski definition) is 2. The van der Waals surface area contributed by atoms with Crippen LogP contribution in [-0.4, -0.2) is 61.3 Å². The molecule has 0 atom stereocenters. The number of nitrogens with two attached hydrogens (primary N) is 1. The standard InChI is InChI=1S/C33H42F3N7O2S/c1-31(2,33(34,35)36)23-45-27-17-21-43(41-27)30-29(38-18-19-39-30)25-14-9-8-13-24(25)12-7-5-6-10-20-42(22-32(3,4)44)26-15-11-16-28(40-26)46-37/h8-9,11,13-19,21,44H,5-7,10,12,20,22-23,37H2,1-4H3. The molecule has 0 fully saturated rings. The Morgan fingerprint density at radius 2 is 1.67 bits per heavy atom. The number of pyridine rings is 1. The lowest BCUT2D eigenvalue weighted by atomic mass is 9.94. The summed E-state index contributed by atoms with van der Waals surface area (Å²) in [6, 6.07) is 15.2. The molecule has 0 spiro atoms. The van der Waals surface area contributed by atoms with Gasteiger partial charge in [0.25, 0.3) is 0 Å². The molecule has 0 aliphatic rings. The number of halogens is 3. The number of aryl methyl sites for hydroxylation is 1. The van der Waals surface area contributed by atoms with Gasteiger partial charge in [-0.05, 0) is 76.6 Å². The fourth-order valence-corrected chi connectivity index (χ4v) is 5.16. The Morgan fingerprint density at radius 3 is 2.41 bits per heavy atom. The number of nitrogens with zero attached hydrogens (tertiary/aromatic N) is 6. The molecule has 3 N–H and O–H groups in total. The highest BCUT2D eigenvalue weighted by Crippen LogP contribution is 2.37. The minimum Gasteiger partial charge on any atom is -0.476 e. The summed E-state index contributed by atoms with van der Waals surface area (Å²) in [5.41, 5.74) is -0.233.